The summed E-state index contributed by atoms with van der Waals surface area (Å²) in [6.45, 7) is 10.6. The number of rotatable bonds is 6. The summed E-state index contributed by atoms with van der Waals surface area (Å²) in [4.78, 5) is 27.7. The number of carbonyl (C=O) groups excluding carboxylic acids is 1. The van der Waals surface area contributed by atoms with Gasteiger partial charge in [0.15, 0.2) is 0 Å². The van der Waals surface area contributed by atoms with Gasteiger partial charge in [-0.25, -0.2) is 14.8 Å². The number of ether oxygens (including phenoxy) is 1. The van der Waals surface area contributed by atoms with Crippen LogP contribution in [0, 0.1) is 0 Å². The summed E-state index contributed by atoms with van der Waals surface area (Å²) < 4.78 is 7.27. The Labute approximate surface area is 234 Å². The summed E-state index contributed by atoms with van der Waals surface area (Å²) in [5, 5.41) is 18.4. The number of benzene rings is 1. The predicted molar refractivity (Wildman–Crippen MR) is 153 cm³/mol. The Balaban J connectivity index is 1.37. The van der Waals surface area contributed by atoms with Gasteiger partial charge in [0.05, 0.1) is 17.8 Å². The highest BCUT2D eigenvalue weighted by Gasteiger charge is 2.26. The van der Waals surface area contributed by atoms with Crippen LogP contribution in [0.25, 0.3) is 22.5 Å². The average Bonchev–Trinajstić information content (AvgIpc) is 3.30. The van der Waals surface area contributed by atoms with E-state index in [1.54, 1.807) is 42.0 Å². The minimum absolute atomic E-state index is 0.290. The maximum absolute atomic E-state index is 12.5. The molecule has 0 atom stereocenters. The fourth-order valence-electron chi connectivity index (χ4n) is 4.61. The Morgan fingerprint density at radius 1 is 1.10 bits per heavy atom. The van der Waals surface area contributed by atoms with Gasteiger partial charge in [0.2, 0.25) is 5.95 Å². The van der Waals surface area contributed by atoms with Gasteiger partial charge in [0.25, 0.3) is 0 Å². The number of hydrogen-bond acceptors (Lipinski definition) is 8. The highest BCUT2D eigenvalue weighted by atomic mass is 16.6. The van der Waals surface area contributed by atoms with Crippen molar-refractivity contribution in [3.8, 4) is 22.5 Å². The topological polar surface area (TPSA) is 118 Å². The van der Waals surface area contributed by atoms with E-state index >= 15 is 0 Å². The second kappa shape index (κ2) is 10.7. The quantitative estimate of drug-likeness (QED) is 0.342. The van der Waals surface area contributed by atoms with E-state index in [1.807, 2.05) is 57.3 Å². The lowest BCUT2D eigenvalue weighted by Gasteiger charge is -2.31. The zero-order valence-corrected chi connectivity index (χ0v) is 23.5. The van der Waals surface area contributed by atoms with Crippen molar-refractivity contribution in [2.24, 2.45) is 0 Å². The third-order valence-corrected chi connectivity index (χ3v) is 6.30. The molecule has 0 saturated heterocycles. The first-order valence-corrected chi connectivity index (χ1v) is 13.3. The Morgan fingerprint density at radius 3 is 2.65 bits per heavy atom. The molecule has 0 unspecified atom stereocenters. The molecule has 0 spiro atoms. The molecule has 208 valence electrons. The van der Waals surface area contributed by atoms with Gasteiger partial charge < -0.3 is 20.1 Å². The van der Waals surface area contributed by atoms with E-state index in [9.17, 15) is 9.90 Å². The summed E-state index contributed by atoms with van der Waals surface area (Å²) in [6.07, 6.45) is 7.53. The van der Waals surface area contributed by atoms with Gasteiger partial charge in [-0.1, -0.05) is 6.07 Å². The highest BCUT2D eigenvalue weighted by molar-refractivity contribution is 5.78. The lowest BCUT2D eigenvalue weighted by Crippen LogP contribution is -2.39. The van der Waals surface area contributed by atoms with Gasteiger partial charge >= 0.3 is 6.09 Å². The van der Waals surface area contributed by atoms with Crippen LogP contribution in [-0.2, 0) is 24.2 Å². The van der Waals surface area contributed by atoms with E-state index in [0.29, 0.717) is 31.3 Å². The van der Waals surface area contributed by atoms with Crippen molar-refractivity contribution in [3.05, 3.63) is 72.3 Å². The zero-order valence-electron chi connectivity index (χ0n) is 23.5. The standard InChI is InChI=1S/C30H35N7O3/c1-29(2,3)40-28(38)36-14-11-20-15-23(9-8-22(20)17-36)33-27-32-13-10-25(34-27)24-18-37(19-30(4,5)39)35-26(24)21-7-6-12-31-16-21/h6-10,12-13,15-16,18,39H,11,14,17,19H2,1-5H3,(H,32,33,34). The molecule has 5 rings (SSSR count). The molecule has 1 amide bonds. The number of fused-ring (bicyclic) bond motifs is 1. The summed E-state index contributed by atoms with van der Waals surface area (Å²) in [7, 11) is 0. The number of aromatic nitrogens is 5. The Hall–Kier alpha value is -4.31. The minimum Gasteiger partial charge on any atom is -0.444 e. The van der Waals surface area contributed by atoms with Crippen LogP contribution in [-0.4, -0.2) is 58.6 Å². The fraction of sp³-hybridized carbons (Fsp3) is 0.367. The van der Waals surface area contributed by atoms with Crippen LogP contribution in [0.2, 0.25) is 0 Å². The van der Waals surface area contributed by atoms with Crippen LogP contribution in [0.1, 0.15) is 45.7 Å². The van der Waals surface area contributed by atoms with Crippen LogP contribution in [0.4, 0.5) is 16.4 Å². The number of nitrogens with one attached hydrogen (secondary N) is 1. The SMILES string of the molecule is CC(C)(O)Cn1cc(-c2ccnc(Nc3ccc4c(c3)CCN(C(=O)OC(C)(C)C)C4)n2)c(-c2cccnc2)n1. The molecule has 0 fully saturated rings. The van der Waals surface area contributed by atoms with Crippen LogP contribution in [0.3, 0.4) is 0 Å². The van der Waals surface area contributed by atoms with Crippen molar-refractivity contribution < 1.29 is 14.6 Å². The van der Waals surface area contributed by atoms with Gasteiger partial charge in [-0.15, -0.1) is 0 Å². The Bertz CT molecular complexity index is 1500. The maximum Gasteiger partial charge on any atom is 0.410 e. The lowest BCUT2D eigenvalue weighted by molar-refractivity contribution is 0.0224. The molecule has 0 bridgehead atoms. The number of aliphatic hydroxyl groups is 1. The summed E-state index contributed by atoms with van der Waals surface area (Å²) in [5.41, 5.74) is 4.79. The van der Waals surface area contributed by atoms with Gasteiger partial charge in [0, 0.05) is 54.7 Å². The van der Waals surface area contributed by atoms with E-state index in [4.69, 9.17) is 14.8 Å². The number of anilines is 2. The largest absolute Gasteiger partial charge is 0.444 e. The van der Waals surface area contributed by atoms with Crippen LogP contribution < -0.4 is 5.32 Å². The molecule has 2 N–H and O–H groups in total. The van der Waals surface area contributed by atoms with E-state index in [2.05, 4.69) is 21.4 Å². The van der Waals surface area contributed by atoms with Crippen molar-refractivity contribution in [2.45, 2.75) is 65.3 Å². The normalized spacial score (nSPS) is 13.6. The van der Waals surface area contributed by atoms with E-state index in [0.717, 1.165) is 34.5 Å². The molecule has 0 saturated carbocycles. The zero-order chi connectivity index (χ0) is 28.5. The van der Waals surface area contributed by atoms with Gasteiger partial charge in [0.1, 0.15) is 11.3 Å². The molecule has 3 aromatic heterocycles. The molecule has 10 heteroatoms. The first-order chi connectivity index (χ1) is 18.9. The molecular formula is C30H35N7O3. The lowest BCUT2D eigenvalue weighted by atomic mass is 9.99. The number of carbonyl (C=O) groups is 1. The Morgan fingerprint density at radius 2 is 1.93 bits per heavy atom. The van der Waals surface area contributed by atoms with Gasteiger partial charge in [-0.05, 0) is 82.5 Å². The second-order valence-electron chi connectivity index (χ2n) is 11.7. The first-order valence-electron chi connectivity index (χ1n) is 13.3. The van der Waals surface area contributed by atoms with Crippen molar-refractivity contribution in [1.29, 1.82) is 0 Å². The third kappa shape index (κ3) is 6.63. The van der Waals surface area contributed by atoms with E-state index < -0.39 is 11.2 Å². The molecule has 1 aromatic carbocycles. The van der Waals surface area contributed by atoms with Crippen molar-refractivity contribution in [3.63, 3.8) is 0 Å². The van der Waals surface area contributed by atoms with E-state index in [-0.39, 0.29) is 6.09 Å². The average molecular weight is 542 g/mol. The molecule has 0 radical (unpaired) electrons. The first kappa shape index (κ1) is 27.3. The third-order valence-electron chi connectivity index (χ3n) is 6.30. The summed E-state index contributed by atoms with van der Waals surface area (Å²) >= 11 is 0. The van der Waals surface area contributed by atoms with E-state index in [1.165, 1.54) is 5.56 Å². The minimum atomic E-state index is -0.926. The smallest absolute Gasteiger partial charge is 0.410 e. The summed E-state index contributed by atoms with van der Waals surface area (Å²) in [5.74, 6) is 0.455. The van der Waals surface area contributed by atoms with Crippen LogP contribution in [0.5, 0.6) is 0 Å². The molecule has 10 nitrogen and oxygen atoms in total. The maximum atomic E-state index is 12.5. The Kier molecular flexibility index (Phi) is 7.29. The van der Waals surface area contributed by atoms with Crippen LogP contribution >= 0.6 is 0 Å². The van der Waals surface area contributed by atoms with Crippen LogP contribution in [0.15, 0.2) is 61.2 Å². The number of pyridine rings is 1. The highest BCUT2D eigenvalue weighted by Crippen LogP contribution is 2.31. The number of amides is 1. The number of hydrogen-bond donors (Lipinski definition) is 2. The molecule has 0 aliphatic carbocycles. The monoisotopic (exact) mass is 541 g/mol. The van der Waals surface area contributed by atoms with Gasteiger partial charge in [-0.3, -0.25) is 9.67 Å². The molecular weight excluding hydrogens is 506 g/mol. The van der Waals surface area contributed by atoms with Crippen molar-refractivity contribution in [2.75, 3.05) is 11.9 Å². The van der Waals surface area contributed by atoms with Crippen molar-refractivity contribution in [1.82, 2.24) is 29.6 Å². The molecule has 4 heterocycles. The fourth-order valence-corrected chi connectivity index (χ4v) is 4.61. The summed E-state index contributed by atoms with van der Waals surface area (Å²) in [6, 6.07) is 11.7. The molecule has 4 aromatic rings. The molecule has 1 aliphatic rings. The van der Waals surface area contributed by atoms with Crippen molar-refractivity contribution >= 4 is 17.7 Å². The number of nitrogens with zero attached hydrogens (tertiary/aromatic N) is 6. The van der Waals surface area contributed by atoms with Gasteiger partial charge in [-0.2, -0.15) is 5.10 Å². The predicted octanol–water partition coefficient (Wildman–Crippen LogP) is 5.21. The second-order valence-corrected chi connectivity index (χ2v) is 11.7. The molecule has 40 heavy (non-hydrogen) atoms. The molecule has 1 aliphatic heterocycles.